The molecule has 90 valence electrons. The molecule has 4 rings (SSSR count). The van der Waals surface area contributed by atoms with E-state index in [4.69, 9.17) is 0 Å². The first-order valence-corrected chi connectivity index (χ1v) is 7.19. The van der Waals surface area contributed by atoms with Gasteiger partial charge in [0.05, 0.1) is 3.58 Å². The summed E-state index contributed by atoms with van der Waals surface area (Å²) in [7, 11) is 0. The highest BCUT2D eigenvalue weighted by molar-refractivity contribution is 14.1. The van der Waals surface area contributed by atoms with Gasteiger partial charge in [0.25, 0.3) is 0 Å². The van der Waals surface area contributed by atoms with Crippen LogP contribution >= 0.6 is 22.6 Å². The van der Waals surface area contributed by atoms with Crippen molar-refractivity contribution in [3.05, 3.63) is 21.3 Å². The molecule has 0 aromatic rings. The second-order valence-electron chi connectivity index (χ2n) is 5.63. The molecule has 0 aromatic carbocycles. The van der Waals surface area contributed by atoms with Crippen molar-refractivity contribution < 1.29 is 9.59 Å². The van der Waals surface area contributed by atoms with Gasteiger partial charge >= 0.3 is 0 Å². The van der Waals surface area contributed by atoms with Gasteiger partial charge in [-0.05, 0) is 54.2 Å². The smallest absolute Gasteiger partial charge is 0.176 e. The molecule has 1 saturated carbocycles. The molecule has 0 aliphatic heterocycles. The van der Waals surface area contributed by atoms with Crippen LogP contribution in [-0.4, -0.2) is 11.6 Å². The molecule has 0 heterocycles. The van der Waals surface area contributed by atoms with Gasteiger partial charge in [0.15, 0.2) is 11.6 Å². The SMILES string of the molecule is CC1=C(I)C(=O)[C@]2(C)[C@@H]3C=C[C@@H](CC3)[C@@H]2C1=O. The Morgan fingerprint density at radius 1 is 1.29 bits per heavy atom. The predicted octanol–water partition coefficient (Wildman–Crippen LogP) is 3.07. The van der Waals surface area contributed by atoms with Crippen LogP contribution in [0.5, 0.6) is 0 Å². The molecular formula is C14H15IO2. The van der Waals surface area contributed by atoms with Crippen molar-refractivity contribution in [3.8, 4) is 0 Å². The van der Waals surface area contributed by atoms with Crippen molar-refractivity contribution in [3.63, 3.8) is 0 Å². The number of fused-ring (bicyclic) bond motifs is 1. The van der Waals surface area contributed by atoms with Gasteiger partial charge in [-0.3, -0.25) is 9.59 Å². The molecule has 4 aliphatic rings. The van der Waals surface area contributed by atoms with Crippen LogP contribution in [0.3, 0.4) is 0 Å². The van der Waals surface area contributed by atoms with Crippen LogP contribution in [0.25, 0.3) is 0 Å². The minimum absolute atomic E-state index is 0.0998. The van der Waals surface area contributed by atoms with Crippen LogP contribution in [0, 0.1) is 23.2 Å². The first kappa shape index (κ1) is 11.6. The average Bonchev–Trinajstić information content (AvgIpc) is 2.35. The number of Topliss-reactive ketones (excluding diaryl/α,β-unsaturated/α-hetero) is 2. The molecule has 0 N–H and O–H groups in total. The zero-order valence-corrected chi connectivity index (χ0v) is 12.2. The highest BCUT2D eigenvalue weighted by atomic mass is 127. The predicted molar refractivity (Wildman–Crippen MR) is 73.7 cm³/mol. The highest BCUT2D eigenvalue weighted by Crippen LogP contribution is 2.57. The second-order valence-corrected chi connectivity index (χ2v) is 6.70. The summed E-state index contributed by atoms with van der Waals surface area (Å²) in [6, 6.07) is 0. The van der Waals surface area contributed by atoms with E-state index in [1.807, 2.05) is 29.5 Å². The number of rotatable bonds is 0. The fraction of sp³-hybridized carbons (Fsp3) is 0.571. The number of hydrogen-bond acceptors (Lipinski definition) is 2. The Kier molecular flexibility index (Phi) is 2.41. The van der Waals surface area contributed by atoms with E-state index < -0.39 is 5.41 Å². The molecule has 1 fully saturated rings. The third kappa shape index (κ3) is 1.26. The van der Waals surface area contributed by atoms with Crippen LogP contribution < -0.4 is 0 Å². The van der Waals surface area contributed by atoms with E-state index in [9.17, 15) is 9.59 Å². The molecule has 17 heavy (non-hydrogen) atoms. The van der Waals surface area contributed by atoms with Crippen molar-refractivity contribution in [2.45, 2.75) is 26.7 Å². The average molecular weight is 342 g/mol. The number of carbonyl (C=O) groups excluding carboxylic acids is 2. The van der Waals surface area contributed by atoms with E-state index in [-0.39, 0.29) is 29.3 Å². The van der Waals surface area contributed by atoms with Gasteiger partial charge in [-0.15, -0.1) is 0 Å². The van der Waals surface area contributed by atoms with E-state index in [0.717, 1.165) is 12.8 Å². The number of ketones is 2. The molecule has 2 nitrogen and oxygen atoms in total. The minimum atomic E-state index is -0.467. The lowest BCUT2D eigenvalue weighted by molar-refractivity contribution is -0.144. The van der Waals surface area contributed by atoms with E-state index in [1.54, 1.807) is 6.92 Å². The topological polar surface area (TPSA) is 34.1 Å². The number of allylic oxidation sites excluding steroid dienone is 4. The lowest BCUT2D eigenvalue weighted by Crippen LogP contribution is -2.56. The molecule has 4 atom stereocenters. The Hall–Kier alpha value is -0.450. The zero-order chi connectivity index (χ0) is 12.4. The summed E-state index contributed by atoms with van der Waals surface area (Å²) in [5.74, 6) is 0.833. The van der Waals surface area contributed by atoms with E-state index in [0.29, 0.717) is 9.15 Å². The summed E-state index contributed by atoms with van der Waals surface area (Å²) in [6.07, 6.45) is 6.44. The fourth-order valence-electron chi connectivity index (χ4n) is 3.82. The Morgan fingerprint density at radius 3 is 2.59 bits per heavy atom. The van der Waals surface area contributed by atoms with E-state index >= 15 is 0 Å². The Morgan fingerprint density at radius 2 is 2.00 bits per heavy atom. The first-order valence-electron chi connectivity index (χ1n) is 6.11. The molecule has 4 aliphatic carbocycles. The van der Waals surface area contributed by atoms with Crippen molar-refractivity contribution in [2.75, 3.05) is 0 Å². The largest absolute Gasteiger partial charge is 0.294 e. The molecule has 2 bridgehead atoms. The maximum Gasteiger partial charge on any atom is 0.176 e. The quantitative estimate of drug-likeness (QED) is 0.501. The maximum absolute atomic E-state index is 12.6. The van der Waals surface area contributed by atoms with Crippen LogP contribution in [0.15, 0.2) is 21.3 Å². The van der Waals surface area contributed by atoms with Gasteiger partial charge in [0.2, 0.25) is 0 Å². The van der Waals surface area contributed by atoms with E-state index in [1.165, 1.54) is 0 Å². The van der Waals surface area contributed by atoms with Crippen molar-refractivity contribution in [2.24, 2.45) is 23.2 Å². The van der Waals surface area contributed by atoms with Gasteiger partial charge in [0.1, 0.15) is 0 Å². The molecule has 0 amide bonds. The number of carbonyl (C=O) groups is 2. The molecule has 0 spiro atoms. The lowest BCUT2D eigenvalue weighted by Gasteiger charge is -2.52. The summed E-state index contributed by atoms with van der Waals surface area (Å²) >= 11 is 2.05. The summed E-state index contributed by atoms with van der Waals surface area (Å²) in [6.45, 7) is 3.80. The Balaban J connectivity index is 2.22. The van der Waals surface area contributed by atoms with Crippen LogP contribution in [0.4, 0.5) is 0 Å². The third-order valence-corrected chi connectivity index (χ3v) is 6.21. The van der Waals surface area contributed by atoms with E-state index in [2.05, 4.69) is 12.2 Å². The summed E-state index contributed by atoms with van der Waals surface area (Å²) in [4.78, 5) is 25.0. The monoisotopic (exact) mass is 342 g/mol. The summed E-state index contributed by atoms with van der Waals surface area (Å²) < 4.78 is 0.660. The van der Waals surface area contributed by atoms with Gasteiger partial charge in [-0.2, -0.15) is 0 Å². The molecule has 3 heteroatoms. The fourth-order valence-corrected chi connectivity index (χ4v) is 4.67. The Bertz CT molecular complexity index is 488. The van der Waals surface area contributed by atoms with Gasteiger partial charge in [-0.25, -0.2) is 0 Å². The summed E-state index contributed by atoms with van der Waals surface area (Å²) in [5.41, 5.74) is 0.212. The van der Waals surface area contributed by atoms with Crippen molar-refractivity contribution >= 4 is 34.2 Å². The normalized spacial score (nSPS) is 44.3. The first-order chi connectivity index (χ1) is 7.98. The molecule has 0 radical (unpaired) electrons. The minimum Gasteiger partial charge on any atom is -0.294 e. The zero-order valence-electron chi connectivity index (χ0n) is 10.00. The second kappa shape index (κ2) is 3.53. The molecular weight excluding hydrogens is 327 g/mol. The molecule has 0 saturated heterocycles. The molecule has 0 aromatic heterocycles. The standard InChI is InChI=1S/C14H15IO2/c1-7-11(15)13(17)14(2)9-5-3-8(4-6-9)10(14)12(7)16/h3,5,8-10H,4,6H2,1-2H3/t8-,9+,10+,14+/m0/s1. The number of hydrogen-bond donors (Lipinski definition) is 0. The van der Waals surface area contributed by atoms with Crippen molar-refractivity contribution in [1.82, 2.24) is 0 Å². The van der Waals surface area contributed by atoms with Crippen LogP contribution in [0.1, 0.15) is 26.7 Å². The van der Waals surface area contributed by atoms with Gasteiger partial charge in [-0.1, -0.05) is 19.1 Å². The number of halogens is 1. The van der Waals surface area contributed by atoms with Crippen LogP contribution in [0.2, 0.25) is 0 Å². The lowest BCUT2D eigenvalue weighted by atomic mass is 9.49. The highest BCUT2D eigenvalue weighted by Gasteiger charge is 2.59. The van der Waals surface area contributed by atoms with Gasteiger partial charge in [0, 0.05) is 16.9 Å². The van der Waals surface area contributed by atoms with Crippen LogP contribution in [-0.2, 0) is 9.59 Å². The van der Waals surface area contributed by atoms with Gasteiger partial charge < -0.3 is 0 Å². The van der Waals surface area contributed by atoms with Crippen molar-refractivity contribution in [1.29, 1.82) is 0 Å². The third-order valence-electron chi connectivity index (χ3n) is 4.92. The summed E-state index contributed by atoms with van der Waals surface area (Å²) in [5, 5.41) is 0. The maximum atomic E-state index is 12.6. The Labute approximate surface area is 115 Å². The molecule has 0 unspecified atom stereocenters.